The summed E-state index contributed by atoms with van der Waals surface area (Å²) in [6.45, 7) is 3.55. The van der Waals surface area contributed by atoms with Crippen LogP contribution in [0.5, 0.6) is 11.6 Å². The molecule has 12 heteroatoms. The van der Waals surface area contributed by atoms with E-state index in [1.165, 1.54) is 35.5 Å². The van der Waals surface area contributed by atoms with Crippen molar-refractivity contribution in [2.75, 3.05) is 47.9 Å². The van der Waals surface area contributed by atoms with Gasteiger partial charge in [-0.1, -0.05) is 25.1 Å². The Morgan fingerprint density at radius 3 is 2.53 bits per heavy atom. The zero-order valence-electron chi connectivity index (χ0n) is 25.2. The summed E-state index contributed by atoms with van der Waals surface area (Å²) in [4.78, 5) is 34.0. The highest BCUT2D eigenvalue weighted by Crippen LogP contribution is 2.31. The van der Waals surface area contributed by atoms with Crippen LogP contribution in [0.15, 0.2) is 65.7 Å². The first-order valence-corrected chi connectivity index (χ1v) is 15.3. The molecule has 1 aliphatic rings. The van der Waals surface area contributed by atoms with Gasteiger partial charge in [-0.25, -0.2) is 13.4 Å². The van der Waals surface area contributed by atoms with Gasteiger partial charge in [0.15, 0.2) is 0 Å². The number of methoxy groups -OCH3 is 1. The lowest BCUT2D eigenvalue weighted by Gasteiger charge is -2.37. The van der Waals surface area contributed by atoms with Crippen molar-refractivity contribution in [1.82, 2.24) is 19.1 Å². The second-order valence-corrected chi connectivity index (χ2v) is 13.0. The molecule has 0 aliphatic carbocycles. The second kappa shape index (κ2) is 13.1. The van der Waals surface area contributed by atoms with Gasteiger partial charge in [0.1, 0.15) is 17.4 Å². The number of sulfonamides is 1. The third kappa shape index (κ3) is 6.82. The molecule has 0 spiro atoms. The molecule has 43 heavy (non-hydrogen) atoms. The van der Waals surface area contributed by atoms with Crippen molar-refractivity contribution in [2.45, 2.75) is 30.9 Å². The van der Waals surface area contributed by atoms with Gasteiger partial charge in [-0.15, -0.1) is 0 Å². The summed E-state index contributed by atoms with van der Waals surface area (Å²) in [6.07, 6.45) is 0.885. The minimum atomic E-state index is -3.90. The highest BCUT2D eigenvalue weighted by atomic mass is 32.2. The number of hydrogen-bond acceptors (Lipinski definition) is 8. The molecule has 0 radical (unpaired) electrons. The summed E-state index contributed by atoms with van der Waals surface area (Å²) < 4.78 is 39.6. The van der Waals surface area contributed by atoms with Crippen molar-refractivity contribution in [1.29, 1.82) is 0 Å². The molecular formula is C31H38N4O7S. The van der Waals surface area contributed by atoms with Gasteiger partial charge in [-0.05, 0) is 42.8 Å². The Labute approximate surface area is 252 Å². The fourth-order valence-corrected chi connectivity index (χ4v) is 6.08. The second-order valence-electron chi connectivity index (χ2n) is 10.9. The van der Waals surface area contributed by atoms with Crippen LogP contribution in [0.25, 0.3) is 11.1 Å². The lowest BCUT2D eigenvalue weighted by Crippen LogP contribution is -2.50. The van der Waals surface area contributed by atoms with Gasteiger partial charge in [0.25, 0.3) is 11.8 Å². The number of aromatic nitrogens is 1. The Morgan fingerprint density at radius 2 is 1.86 bits per heavy atom. The van der Waals surface area contributed by atoms with Gasteiger partial charge in [0.2, 0.25) is 15.9 Å². The first-order valence-electron chi connectivity index (χ1n) is 13.9. The zero-order chi connectivity index (χ0) is 31.5. The molecule has 1 N–H and O–H groups in total. The molecule has 11 nitrogen and oxygen atoms in total. The number of carbonyl (C=O) groups excluding carboxylic acids is 2. The lowest BCUT2D eigenvalue weighted by molar-refractivity contribution is 0.0373. The summed E-state index contributed by atoms with van der Waals surface area (Å²) in [7, 11) is 2.39. The number of amides is 2. The summed E-state index contributed by atoms with van der Waals surface area (Å²) >= 11 is 0. The third-order valence-electron chi connectivity index (χ3n) is 7.56. The van der Waals surface area contributed by atoms with Crippen LogP contribution in [-0.4, -0.2) is 105 Å². The van der Waals surface area contributed by atoms with E-state index in [9.17, 15) is 23.1 Å². The van der Waals surface area contributed by atoms with Gasteiger partial charge >= 0.3 is 0 Å². The van der Waals surface area contributed by atoms with Crippen molar-refractivity contribution in [3.63, 3.8) is 0 Å². The third-order valence-corrected chi connectivity index (χ3v) is 9.38. The van der Waals surface area contributed by atoms with Crippen LogP contribution in [0.2, 0.25) is 0 Å². The highest BCUT2D eigenvalue weighted by molar-refractivity contribution is 7.89. The average Bonchev–Trinajstić information content (AvgIpc) is 3.01. The summed E-state index contributed by atoms with van der Waals surface area (Å²) in [5.41, 5.74) is 1.95. The van der Waals surface area contributed by atoms with Crippen LogP contribution >= 0.6 is 0 Å². The van der Waals surface area contributed by atoms with E-state index in [0.717, 1.165) is 0 Å². The van der Waals surface area contributed by atoms with E-state index in [2.05, 4.69) is 4.98 Å². The molecule has 3 aromatic rings. The number of likely N-dealkylation sites (N-methyl/N-ethyl adjacent to an activating group) is 1. The average molecular weight is 611 g/mol. The number of nitrogens with zero attached hydrogens (tertiary/aromatic N) is 4. The van der Waals surface area contributed by atoms with Crippen molar-refractivity contribution in [3.8, 4) is 22.8 Å². The predicted molar refractivity (Wildman–Crippen MR) is 162 cm³/mol. The van der Waals surface area contributed by atoms with E-state index in [0.29, 0.717) is 22.4 Å². The molecule has 0 fully saturated rings. The van der Waals surface area contributed by atoms with E-state index in [4.69, 9.17) is 9.47 Å². The van der Waals surface area contributed by atoms with Crippen molar-refractivity contribution in [3.05, 3.63) is 71.9 Å². The Kier molecular flexibility index (Phi) is 9.73. The van der Waals surface area contributed by atoms with Crippen LogP contribution in [-0.2, 0) is 10.0 Å². The monoisotopic (exact) mass is 610 g/mol. The highest BCUT2D eigenvalue weighted by Gasteiger charge is 2.36. The van der Waals surface area contributed by atoms with E-state index < -0.39 is 22.2 Å². The number of fused-ring (bicyclic) bond motifs is 1. The first kappa shape index (κ1) is 31.9. The molecule has 3 atom stereocenters. The molecule has 2 heterocycles. The largest absolute Gasteiger partial charge is 0.497 e. The minimum Gasteiger partial charge on any atom is -0.497 e. The van der Waals surface area contributed by atoms with Crippen molar-refractivity contribution >= 4 is 21.8 Å². The van der Waals surface area contributed by atoms with Crippen LogP contribution in [0.4, 0.5) is 0 Å². The van der Waals surface area contributed by atoms with E-state index in [1.807, 2.05) is 13.0 Å². The lowest BCUT2D eigenvalue weighted by atomic mass is 9.99. The number of aliphatic hydroxyl groups excluding tert-OH is 1. The number of pyridine rings is 1. The Balaban J connectivity index is 1.72. The molecule has 0 saturated carbocycles. The topological polar surface area (TPSA) is 130 Å². The van der Waals surface area contributed by atoms with Gasteiger partial charge in [-0.3, -0.25) is 9.59 Å². The number of benzene rings is 2. The number of ether oxygens (including phenoxy) is 2. The van der Waals surface area contributed by atoms with Gasteiger partial charge < -0.3 is 24.4 Å². The standard InChI is InChI=1S/C31H38N4O7S/c1-20-17-35(21(2)19-36)31(38)27-14-24(22-9-7-10-23(13-22)30(37)33(3)4)16-32-29(27)42-28(20)18-34(5)43(39,40)26-12-8-11-25(15-26)41-6/h7-16,20-21,28,36H,17-19H2,1-6H3/t20-,21-,28+/m1/s1. The quantitative estimate of drug-likeness (QED) is 0.392. The summed E-state index contributed by atoms with van der Waals surface area (Å²) in [5, 5.41) is 9.97. The zero-order valence-corrected chi connectivity index (χ0v) is 26.0. The smallest absolute Gasteiger partial charge is 0.259 e. The van der Waals surface area contributed by atoms with E-state index >= 15 is 0 Å². The molecular weight excluding hydrogens is 572 g/mol. The van der Waals surface area contributed by atoms with E-state index in [1.54, 1.807) is 68.5 Å². The van der Waals surface area contributed by atoms with Crippen LogP contribution in [0.1, 0.15) is 34.6 Å². The number of carbonyl (C=O) groups is 2. The molecule has 2 amide bonds. The van der Waals surface area contributed by atoms with Crippen LogP contribution < -0.4 is 9.47 Å². The number of aliphatic hydroxyl groups is 1. The Bertz CT molecular complexity index is 1590. The first-order chi connectivity index (χ1) is 20.4. The summed E-state index contributed by atoms with van der Waals surface area (Å²) in [5.74, 6) is -0.359. The van der Waals surface area contributed by atoms with Crippen LogP contribution in [0.3, 0.4) is 0 Å². The maximum atomic E-state index is 13.8. The molecule has 4 rings (SSSR count). The fraction of sp³-hybridized carbons (Fsp3) is 0.387. The van der Waals surface area contributed by atoms with Gasteiger partial charge in [0.05, 0.1) is 31.2 Å². The van der Waals surface area contributed by atoms with Crippen LogP contribution in [0, 0.1) is 5.92 Å². The molecule has 0 saturated heterocycles. The van der Waals surface area contributed by atoms with Gasteiger partial charge in [-0.2, -0.15) is 4.31 Å². The normalized spacial score (nSPS) is 17.9. The predicted octanol–water partition coefficient (Wildman–Crippen LogP) is 3.00. The number of hydrogen-bond donors (Lipinski definition) is 1. The van der Waals surface area contributed by atoms with Crippen molar-refractivity contribution < 1.29 is 32.6 Å². The molecule has 1 aliphatic heterocycles. The van der Waals surface area contributed by atoms with Gasteiger partial charge in [0, 0.05) is 57.0 Å². The molecule has 0 bridgehead atoms. The Hall–Kier alpha value is -4.00. The maximum Gasteiger partial charge on any atom is 0.259 e. The molecule has 0 unspecified atom stereocenters. The molecule has 230 valence electrons. The molecule has 1 aromatic heterocycles. The molecule has 2 aromatic carbocycles. The fourth-order valence-electron chi connectivity index (χ4n) is 4.86. The minimum absolute atomic E-state index is 0.0200. The SMILES string of the molecule is COc1cccc(S(=O)(=O)N(C)C[C@@H]2Oc3ncc(-c4cccc(C(=O)N(C)C)c4)cc3C(=O)N([C@H](C)CO)C[C@H]2C)c1. The van der Waals surface area contributed by atoms with E-state index in [-0.39, 0.29) is 53.8 Å². The number of rotatable bonds is 9. The maximum absolute atomic E-state index is 13.8. The summed E-state index contributed by atoms with van der Waals surface area (Å²) in [6, 6.07) is 14.4. The Morgan fingerprint density at radius 1 is 1.14 bits per heavy atom. The van der Waals surface area contributed by atoms with Crippen molar-refractivity contribution in [2.24, 2.45) is 5.92 Å².